The Balaban J connectivity index is 1.60. The minimum atomic E-state index is -0.210. The Morgan fingerprint density at radius 3 is 2.88 bits per heavy atom. The Morgan fingerprint density at radius 2 is 2.24 bits per heavy atom. The first-order valence-corrected chi connectivity index (χ1v) is 8.49. The Bertz CT molecular complexity index is 800. The van der Waals surface area contributed by atoms with E-state index < -0.39 is 0 Å². The largest absolute Gasteiger partial charge is 0.435 e. The number of hydrogen-bond donors (Lipinski definition) is 1. The van der Waals surface area contributed by atoms with Gasteiger partial charge in [-0.3, -0.25) is 4.79 Å². The van der Waals surface area contributed by atoms with Crippen molar-refractivity contribution in [3.63, 3.8) is 0 Å². The van der Waals surface area contributed by atoms with Gasteiger partial charge in [-0.05, 0) is 31.9 Å². The van der Waals surface area contributed by atoms with Gasteiger partial charge in [-0.25, -0.2) is 9.97 Å². The summed E-state index contributed by atoms with van der Waals surface area (Å²) in [5, 5.41) is 12.2. The molecule has 1 fully saturated rings. The maximum Gasteiger partial charge on any atom is 0.289 e. The van der Waals surface area contributed by atoms with Crippen LogP contribution < -0.4 is 10.2 Å². The van der Waals surface area contributed by atoms with Crippen LogP contribution in [0.15, 0.2) is 22.7 Å². The van der Waals surface area contributed by atoms with Crippen molar-refractivity contribution < 1.29 is 9.21 Å². The molecule has 2 aromatic heterocycles. The summed E-state index contributed by atoms with van der Waals surface area (Å²) >= 11 is 0. The number of oxazole rings is 1. The van der Waals surface area contributed by atoms with Crippen molar-refractivity contribution in [3.05, 3.63) is 41.2 Å². The van der Waals surface area contributed by atoms with Crippen LogP contribution in [0.2, 0.25) is 0 Å². The summed E-state index contributed by atoms with van der Waals surface area (Å²) < 4.78 is 5.51. The van der Waals surface area contributed by atoms with E-state index in [0.717, 1.165) is 25.9 Å². The van der Waals surface area contributed by atoms with E-state index in [2.05, 4.69) is 26.3 Å². The molecule has 130 valence electrons. The van der Waals surface area contributed by atoms with E-state index in [9.17, 15) is 10.1 Å². The van der Waals surface area contributed by atoms with Crippen molar-refractivity contribution in [2.45, 2.75) is 39.2 Å². The second kappa shape index (κ2) is 7.34. The number of nitriles is 1. The van der Waals surface area contributed by atoms with Gasteiger partial charge >= 0.3 is 0 Å². The summed E-state index contributed by atoms with van der Waals surface area (Å²) in [4.78, 5) is 23.1. The van der Waals surface area contributed by atoms with Crippen LogP contribution in [0.3, 0.4) is 0 Å². The molecule has 1 aliphatic rings. The van der Waals surface area contributed by atoms with Crippen molar-refractivity contribution in [2.24, 2.45) is 0 Å². The van der Waals surface area contributed by atoms with E-state index in [1.165, 1.54) is 0 Å². The second-order valence-electron chi connectivity index (χ2n) is 6.10. The molecule has 3 rings (SSSR count). The summed E-state index contributed by atoms with van der Waals surface area (Å²) in [5.41, 5.74) is 1.20. The first kappa shape index (κ1) is 17.0. The molecule has 1 saturated heterocycles. The maximum absolute atomic E-state index is 12.4. The highest BCUT2D eigenvalue weighted by atomic mass is 16.4. The molecule has 0 spiro atoms. The third kappa shape index (κ3) is 3.63. The number of rotatable bonds is 4. The van der Waals surface area contributed by atoms with Crippen molar-refractivity contribution in [1.29, 1.82) is 5.26 Å². The zero-order chi connectivity index (χ0) is 17.8. The van der Waals surface area contributed by atoms with Crippen molar-refractivity contribution in [2.75, 3.05) is 18.0 Å². The molecule has 7 heteroatoms. The molecule has 0 aromatic carbocycles. The fraction of sp³-hybridized carbons (Fsp3) is 0.444. The van der Waals surface area contributed by atoms with Crippen LogP contribution in [0, 0.1) is 18.3 Å². The zero-order valence-electron chi connectivity index (χ0n) is 14.5. The summed E-state index contributed by atoms with van der Waals surface area (Å²) in [6, 6.07) is 5.79. The number of aromatic nitrogens is 2. The minimum Gasteiger partial charge on any atom is -0.435 e. The monoisotopic (exact) mass is 339 g/mol. The van der Waals surface area contributed by atoms with Gasteiger partial charge in [-0.1, -0.05) is 6.92 Å². The third-order valence-electron chi connectivity index (χ3n) is 4.39. The molecule has 0 aliphatic carbocycles. The molecule has 2 aromatic rings. The van der Waals surface area contributed by atoms with Crippen LogP contribution in [0.1, 0.15) is 47.5 Å². The lowest BCUT2D eigenvalue weighted by atomic mass is 10.0. The van der Waals surface area contributed by atoms with Crippen LogP contribution in [-0.4, -0.2) is 35.0 Å². The van der Waals surface area contributed by atoms with Crippen LogP contribution in [0.4, 0.5) is 5.82 Å². The van der Waals surface area contributed by atoms with Crippen LogP contribution >= 0.6 is 0 Å². The number of nitrogens with zero attached hydrogens (tertiary/aromatic N) is 4. The quantitative estimate of drug-likeness (QED) is 0.917. The van der Waals surface area contributed by atoms with Gasteiger partial charge in [0.15, 0.2) is 5.89 Å². The molecule has 0 radical (unpaired) electrons. The molecule has 0 unspecified atom stereocenters. The molecule has 0 bridgehead atoms. The number of carbonyl (C=O) groups excluding carboxylic acids is 1. The number of piperidine rings is 1. The van der Waals surface area contributed by atoms with Crippen molar-refractivity contribution in [1.82, 2.24) is 15.3 Å². The number of pyridine rings is 1. The molecule has 3 heterocycles. The number of nitrogens with one attached hydrogen (secondary N) is 1. The minimum absolute atomic E-state index is 0.0765. The molecule has 25 heavy (non-hydrogen) atoms. The maximum atomic E-state index is 12.4. The zero-order valence-corrected chi connectivity index (χ0v) is 14.5. The van der Waals surface area contributed by atoms with Gasteiger partial charge in [0.05, 0.1) is 11.3 Å². The van der Waals surface area contributed by atoms with Gasteiger partial charge in [0.1, 0.15) is 11.9 Å². The van der Waals surface area contributed by atoms with E-state index in [0.29, 0.717) is 35.1 Å². The van der Waals surface area contributed by atoms with Gasteiger partial charge < -0.3 is 14.6 Å². The summed E-state index contributed by atoms with van der Waals surface area (Å²) in [6.45, 7) is 5.21. The van der Waals surface area contributed by atoms with Gasteiger partial charge in [0, 0.05) is 31.7 Å². The van der Waals surface area contributed by atoms with Gasteiger partial charge in [0.2, 0.25) is 5.76 Å². The summed E-state index contributed by atoms with van der Waals surface area (Å²) in [6.07, 6.45) is 3.95. The van der Waals surface area contributed by atoms with E-state index in [1.807, 2.05) is 6.92 Å². The Kier molecular flexibility index (Phi) is 4.98. The van der Waals surface area contributed by atoms with Gasteiger partial charge in [0.25, 0.3) is 5.91 Å². The lowest BCUT2D eigenvalue weighted by Gasteiger charge is -2.33. The highest BCUT2D eigenvalue weighted by Gasteiger charge is 2.25. The molecule has 0 atom stereocenters. The Hall–Kier alpha value is -2.88. The molecule has 7 nitrogen and oxygen atoms in total. The fourth-order valence-electron chi connectivity index (χ4n) is 3.04. The van der Waals surface area contributed by atoms with E-state index in [-0.39, 0.29) is 11.9 Å². The van der Waals surface area contributed by atoms with Gasteiger partial charge in [-0.2, -0.15) is 5.26 Å². The molecular formula is C18H21N5O2. The van der Waals surface area contributed by atoms with E-state index in [4.69, 9.17) is 4.42 Å². The Morgan fingerprint density at radius 1 is 1.48 bits per heavy atom. The Labute approximate surface area is 146 Å². The molecule has 1 aliphatic heterocycles. The van der Waals surface area contributed by atoms with Crippen LogP contribution in [0.5, 0.6) is 0 Å². The average molecular weight is 339 g/mol. The predicted octanol–water partition coefficient (Wildman–Crippen LogP) is 2.21. The topological polar surface area (TPSA) is 95.0 Å². The number of anilines is 1. The molecule has 1 amide bonds. The highest BCUT2D eigenvalue weighted by Crippen LogP contribution is 2.21. The van der Waals surface area contributed by atoms with Crippen LogP contribution in [0.25, 0.3) is 0 Å². The normalized spacial score (nSPS) is 15.0. The standard InChI is InChI=1S/C18H21N5O2/c1-3-15-21-12(2)16(25-15)18(24)22-14-6-9-23(10-7-14)17-13(11-19)5-4-8-20-17/h4-5,8,14H,3,6-7,9-10H2,1-2H3,(H,22,24). The lowest BCUT2D eigenvalue weighted by molar-refractivity contribution is 0.0900. The average Bonchev–Trinajstić information content (AvgIpc) is 3.03. The summed E-state index contributed by atoms with van der Waals surface area (Å²) in [7, 11) is 0. The van der Waals surface area contributed by atoms with Crippen molar-refractivity contribution >= 4 is 11.7 Å². The van der Waals surface area contributed by atoms with Gasteiger partial charge in [-0.15, -0.1) is 0 Å². The summed E-state index contributed by atoms with van der Waals surface area (Å²) in [5.74, 6) is 1.39. The van der Waals surface area contributed by atoms with Crippen LogP contribution in [-0.2, 0) is 6.42 Å². The first-order valence-electron chi connectivity index (χ1n) is 8.49. The SMILES string of the molecule is CCc1nc(C)c(C(=O)NC2CCN(c3ncccc3C#N)CC2)o1. The number of amides is 1. The lowest BCUT2D eigenvalue weighted by Crippen LogP contribution is -2.45. The molecule has 1 N–H and O–H groups in total. The third-order valence-corrected chi connectivity index (χ3v) is 4.39. The smallest absolute Gasteiger partial charge is 0.289 e. The second-order valence-corrected chi connectivity index (χ2v) is 6.10. The fourth-order valence-corrected chi connectivity index (χ4v) is 3.04. The number of aryl methyl sites for hydroxylation is 2. The molecule has 0 saturated carbocycles. The predicted molar refractivity (Wildman–Crippen MR) is 92.3 cm³/mol. The number of carbonyl (C=O) groups is 1. The van der Waals surface area contributed by atoms with E-state index in [1.54, 1.807) is 25.3 Å². The number of hydrogen-bond acceptors (Lipinski definition) is 6. The first-order chi connectivity index (χ1) is 12.1. The highest BCUT2D eigenvalue weighted by molar-refractivity contribution is 5.92. The van der Waals surface area contributed by atoms with E-state index >= 15 is 0 Å². The van der Waals surface area contributed by atoms with Crippen molar-refractivity contribution in [3.8, 4) is 6.07 Å². The molecular weight excluding hydrogens is 318 g/mol.